The van der Waals surface area contributed by atoms with Crippen LogP contribution in [0.1, 0.15) is 6.42 Å². The van der Waals surface area contributed by atoms with Gasteiger partial charge in [0.15, 0.2) is 0 Å². The number of ether oxygens (including phenoxy) is 1. The van der Waals surface area contributed by atoms with Crippen LogP contribution in [-0.2, 0) is 0 Å². The van der Waals surface area contributed by atoms with Gasteiger partial charge in [0.05, 0.1) is 0 Å². The predicted octanol–water partition coefficient (Wildman–Crippen LogP) is -3.17. The summed E-state index contributed by atoms with van der Waals surface area (Å²) in [5.74, 6) is 2.76. The molecule has 0 saturated carbocycles. The monoisotopic (exact) mass is 569 g/mol. The van der Waals surface area contributed by atoms with Crippen molar-refractivity contribution in [1.82, 2.24) is 5.32 Å². The third-order valence-corrected chi connectivity index (χ3v) is 9.38. The first-order chi connectivity index (χ1) is 12.3. The van der Waals surface area contributed by atoms with E-state index >= 15 is 0 Å². The van der Waals surface area contributed by atoms with Gasteiger partial charge in [-0.3, -0.25) is 0 Å². The van der Waals surface area contributed by atoms with Gasteiger partial charge in [-0.15, -0.1) is 0 Å². The average Bonchev–Trinajstić information content (AvgIpc) is 3.11. The fourth-order valence-corrected chi connectivity index (χ4v) is 7.33. The zero-order valence-corrected chi connectivity index (χ0v) is 17.7. The van der Waals surface area contributed by atoms with Gasteiger partial charge < -0.3 is 0 Å². The van der Waals surface area contributed by atoms with E-state index in [9.17, 15) is 4.39 Å². The van der Waals surface area contributed by atoms with E-state index in [4.69, 9.17) is 10.9 Å². The third kappa shape index (κ3) is 4.48. The topological polar surface area (TPSA) is 39.7 Å². The number of fused-ring (bicyclic) bond motifs is 1. The quantitative estimate of drug-likeness (QED) is 0.305. The number of halogens is 3. The minimum absolute atomic E-state index is 0.162. The Morgan fingerprint density at radius 1 is 1.16 bits per heavy atom. The van der Waals surface area contributed by atoms with E-state index in [0.717, 1.165) is 36.8 Å². The molecule has 1 N–H and O–H groups in total. The molecule has 136 valence electrons. The summed E-state index contributed by atoms with van der Waals surface area (Å²) in [4.78, 5) is 0. The molecule has 0 radical (unpaired) electrons. The van der Waals surface area contributed by atoms with Crippen molar-refractivity contribution in [1.29, 1.82) is 0 Å². The van der Waals surface area contributed by atoms with E-state index in [1.165, 1.54) is 3.57 Å². The summed E-state index contributed by atoms with van der Waals surface area (Å²) in [6.07, 6.45) is 1.16. The van der Waals surface area contributed by atoms with Crippen LogP contribution in [0.2, 0.25) is 0 Å². The van der Waals surface area contributed by atoms with E-state index in [1.807, 2.05) is 30.3 Å². The maximum absolute atomic E-state index is 13.1. The van der Waals surface area contributed by atoms with E-state index in [1.54, 1.807) is 12.1 Å². The molecule has 1 unspecified atom stereocenters. The Balaban J connectivity index is 1.38. The molecule has 2 aliphatic heterocycles. The molecule has 1 saturated heterocycles. The molecule has 1 fully saturated rings. The Kier molecular flexibility index (Phi) is 5.81. The van der Waals surface area contributed by atoms with Crippen LogP contribution in [0.3, 0.4) is 0 Å². The summed E-state index contributed by atoms with van der Waals surface area (Å²) >= 11 is -0.811. The number of hydrogen-bond donors (Lipinski definition) is 1. The molecule has 2 atom stereocenters. The number of benzene rings is 2. The Labute approximate surface area is 168 Å². The second-order valence-electron chi connectivity index (χ2n) is 5.95. The van der Waals surface area contributed by atoms with Gasteiger partial charge >= 0.3 is 169 Å². The fourth-order valence-electron chi connectivity index (χ4n) is 2.85. The zero-order valence-electron chi connectivity index (χ0n) is 13.4. The molecule has 4 nitrogen and oxygen atoms in total. The predicted molar refractivity (Wildman–Crippen MR) is 83.1 cm³/mol. The van der Waals surface area contributed by atoms with Gasteiger partial charge in [0.2, 0.25) is 0 Å². The van der Waals surface area contributed by atoms with Crippen LogP contribution in [-0.4, -0.2) is 23.6 Å². The number of nitrogens with one attached hydrogen (secondary N) is 1. The average molecular weight is 569 g/mol. The Morgan fingerprint density at radius 3 is 2.88 bits per heavy atom. The summed E-state index contributed by atoms with van der Waals surface area (Å²) in [5, 5.41) is 3.47. The molecule has 2 aromatic carbocycles. The molecule has 0 bridgehead atoms. The number of hydrogen-bond acceptors (Lipinski definition) is 4. The van der Waals surface area contributed by atoms with Gasteiger partial charge in [0.1, 0.15) is 0 Å². The van der Waals surface area contributed by atoms with Crippen LogP contribution < -0.4 is 59.4 Å². The van der Waals surface area contributed by atoms with E-state index in [0.29, 0.717) is 16.4 Å². The normalized spacial score (nSPS) is 22.4. The second-order valence-corrected chi connectivity index (χ2v) is 10.7. The van der Waals surface area contributed by atoms with Gasteiger partial charge in [0.25, 0.3) is 0 Å². The van der Waals surface area contributed by atoms with Crippen LogP contribution in [0, 0.1) is 15.3 Å². The van der Waals surface area contributed by atoms with Crippen molar-refractivity contribution in [2.75, 3.05) is 19.7 Å². The molecule has 0 spiro atoms. The standard InChI is InChI=1S/C18H18FI2NO3/c19-13-1-3-14(4-2-13)20-16-7-8-22-10-12(16)11-23-15-5-6-17-18(9-15)25-21-24-17/h1-6,9,12,16,22H,7-8,10-11H2/q-2/t12-,16?/m0/s1. The van der Waals surface area contributed by atoms with Crippen LogP contribution in [0.25, 0.3) is 0 Å². The van der Waals surface area contributed by atoms with Crippen molar-refractivity contribution >= 4 is 0 Å². The number of rotatable bonds is 5. The minimum atomic E-state index is -0.650. The van der Waals surface area contributed by atoms with Gasteiger partial charge in [-0.05, 0) is 0 Å². The zero-order chi connectivity index (χ0) is 17.1. The third-order valence-electron chi connectivity index (χ3n) is 4.19. The van der Waals surface area contributed by atoms with Crippen LogP contribution in [0.15, 0.2) is 42.5 Å². The van der Waals surface area contributed by atoms with Crippen molar-refractivity contribution in [3.05, 3.63) is 51.9 Å². The summed E-state index contributed by atoms with van der Waals surface area (Å²) < 4.78 is 32.1. The summed E-state index contributed by atoms with van der Waals surface area (Å²) in [6, 6.07) is 12.8. The Morgan fingerprint density at radius 2 is 2.00 bits per heavy atom. The molecule has 0 aliphatic carbocycles. The van der Waals surface area contributed by atoms with Crippen molar-refractivity contribution < 1.29 is 58.5 Å². The van der Waals surface area contributed by atoms with Crippen molar-refractivity contribution in [2.45, 2.75) is 10.3 Å². The fraction of sp³-hybridized carbons (Fsp3) is 0.333. The molecule has 0 aromatic heterocycles. The van der Waals surface area contributed by atoms with Crippen LogP contribution >= 0.6 is 0 Å². The first-order valence-electron chi connectivity index (χ1n) is 8.13. The van der Waals surface area contributed by atoms with Gasteiger partial charge in [-0.25, -0.2) is 0 Å². The Bertz CT molecular complexity index is 729. The second kappa shape index (κ2) is 8.26. The van der Waals surface area contributed by atoms with E-state index < -0.39 is 22.0 Å². The molecule has 25 heavy (non-hydrogen) atoms. The molecular weight excluding hydrogens is 551 g/mol. The molecule has 0 amide bonds. The molecule has 2 aromatic rings. The number of piperidine rings is 1. The van der Waals surface area contributed by atoms with Gasteiger partial charge in [-0.1, -0.05) is 0 Å². The SMILES string of the molecule is Fc1ccc([I-]C2CCNC[C@H]2COc2ccc3c(c2)O[I-]O3)cc1. The first kappa shape index (κ1) is 17.6. The first-order valence-corrected chi connectivity index (χ1v) is 12.2. The Hall–Kier alpha value is -0.810. The van der Waals surface area contributed by atoms with Crippen molar-refractivity contribution in [2.24, 2.45) is 5.92 Å². The molecule has 2 aliphatic rings. The maximum atomic E-state index is 13.1. The number of alkyl halides is 1. The van der Waals surface area contributed by atoms with Gasteiger partial charge in [-0.2, -0.15) is 0 Å². The molecule has 2 heterocycles. The van der Waals surface area contributed by atoms with E-state index in [2.05, 4.69) is 5.32 Å². The molecule has 7 heteroatoms. The van der Waals surface area contributed by atoms with Crippen molar-refractivity contribution in [3.63, 3.8) is 0 Å². The summed E-state index contributed by atoms with van der Waals surface area (Å²) in [7, 11) is 0. The van der Waals surface area contributed by atoms with Crippen molar-refractivity contribution in [3.8, 4) is 17.2 Å². The van der Waals surface area contributed by atoms with Crippen LogP contribution in [0.5, 0.6) is 17.2 Å². The van der Waals surface area contributed by atoms with Gasteiger partial charge in [0, 0.05) is 0 Å². The summed E-state index contributed by atoms with van der Waals surface area (Å²) in [6.45, 7) is 2.71. The van der Waals surface area contributed by atoms with E-state index in [-0.39, 0.29) is 27.0 Å². The molecule has 4 rings (SSSR count). The molecular formula is C18H18FI2NO3-2. The summed E-state index contributed by atoms with van der Waals surface area (Å²) in [5.41, 5.74) is 0. The van der Waals surface area contributed by atoms with Crippen LogP contribution in [0.4, 0.5) is 4.39 Å².